The molecule has 0 unspecified atom stereocenters. The van der Waals surface area contributed by atoms with Crippen LogP contribution in [-0.2, 0) is 6.54 Å². The van der Waals surface area contributed by atoms with Crippen LogP contribution in [0, 0.1) is 11.3 Å². The number of hydrogen-bond donors (Lipinski definition) is 0. The van der Waals surface area contributed by atoms with Crippen LogP contribution in [0.1, 0.15) is 24.8 Å². The van der Waals surface area contributed by atoms with Crippen LogP contribution in [0.3, 0.4) is 0 Å². The van der Waals surface area contributed by atoms with Gasteiger partial charge in [-0.3, -0.25) is 0 Å². The van der Waals surface area contributed by atoms with E-state index in [9.17, 15) is 0 Å². The predicted octanol–water partition coefficient (Wildman–Crippen LogP) is 3.33. The zero-order chi connectivity index (χ0) is 11.6. The van der Waals surface area contributed by atoms with E-state index in [2.05, 4.69) is 54.6 Å². The molecule has 0 N–H and O–H groups in total. The summed E-state index contributed by atoms with van der Waals surface area (Å²) < 4.78 is 0. The first kappa shape index (κ1) is 12.3. The molecule has 1 aromatic rings. The Hall–Kier alpha value is -1.75. The Morgan fingerprint density at radius 3 is 2.75 bits per heavy atom. The largest absolute Gasteiger partial charge is 0.376 e. The number of benzene rings is 1. The maximum atomic E-state index is 8.39. The molecule has 84 valence electrons. The maximum absolute atomic E-state index is 8.39. The highest BCUT2D eigenvalue weighted by molar-refractivity contribution is 5.14. The van der Waals surface area contributed by atoms with Crippen molar-refractivity contribution in [3.8, 4) is 6.07 Å². The molecule has 0 fully saturated rings. The van der Waals surface area contributed by atoms with Gasteiger partial charge in [0.2, 0.25) is 0 Å². The van der Waals surface area contributed by atoms with Gasteiger partial charge in [0.25, 0.3) is 0 Å². The zero-order valence-corrected chi connectivity index (χ0v) is 9.76. The normalized spacial score (nSPS) is 10.2. The van der Waals surface area contributed by atoms with Crippen molar-refractivity contribution in [3.63, 3.8) is 0 Å². The quantitative estimate of drug-likeness (QED) is 0.679. The molecule has 1 aromatic carbocycles. The highest BCUT2D eigenvalue weighted by Crippen LogP contribution is 2.03. The van der Waals surface area contributed by atoms with E-state index in [-0.39, 0.29) is 0 Å². The van der Waals surface area contributed by atoms with Gasteiger partial charge in [-0.15, -0.1) is 0 Å². The van der Waals surface area contributed by atoms with E-state index in [1.54, 1.807) is 0 Å². The van der Waals surface area contributed by atoms with Gasteiger partial charge in [0.05, 0.1) is 6.07 Å². The van der Waals surface area contributed by atoms with Crippen molar-refractivity contribution in [1.82, 2.24) is 4.90 Å². The van der Waals surface area contributed by atoms with Crippen LogP contribution in [0.25, 0.3) is 0 Å². The van der Waals surface area contributed by atoms with Gasteiger partial charge < -0.3 is 4.90 Å². The van der Waals surface area contributed by atoms with E-state index in [1.165, 1.54) is 5.56 Å². The van der Waals surface area contributed by atoms with E-state index in [4.69, 9.17) is 5.26 Å². The fourth-order valence-electron chi connectivity index (χ4n) is 1.48. The lowest BCUT2D eigenvalue weighted by Gasteiger charge is -2.13. The van der Waals surface area contributed by atoms with Crippen LogP contribution >= 0.6 is 0 Å². The summed E-state index contributed by atoms with van der Waals surface area (Å²) in [6.07, 6.45) is 6.79. The Labute approximate surface area is 97.8 Å². The lowest BCUT2D eigenvalue weighted by molar-refractivity contribution is 0.449. The van der Waals surface area contributed by atoms with Crippen LogP contribution in [0.4, 0.5) is 0 Å². The summed E-state index contributed by atoms with van der Waals surface area (Å²) in [6.45, 7) is 0.926. The lowest BCUT2D eigenvalue weighted by atomic mass is 10.2. The second kappa shape index (κ2) is 7.53. The number of rotatable bonds is 6. The third kappa shape index (κ3) is 5.21. The minimum absolute atomic E-state index is 0.646. The third-order valence-electron chi connectivity index (χ3n) is 2.29. The van der Waals surface area contributed by atoms with Crippen molar-refractivity contribution < 1.29 is 0 Å². The van der Waals surface area contributed by atoms with E-state index in [1.807, 2.05) is 6.07 Å². The number of hydrogen-bond acceptors (Lipinski definition) is 2. The molecule has 0 saturated heterocycles. The molecule has 0 aliphatic rings. The molecule has 0 bridgehead atoms. The molecular formula is C14H18N2. The van der Waals surface area contributed by atoms with Gasteiger partial charge in [0, 0.05) is 20.0 Å². The molecule has 0 saturated carbocycles. The van der Waals surface area contributed by atoms with Gasteiger partial charge in [-0.1, -0.05) is 36.4 Å². The third-order valence-corrected chi connectivity index (χ3v) is 2.29. The number of nitrogens with zero attached hydrogens (tertiary/aromatic N) is 2. The Bertz CT molecular complexity index is 349. The van der Waals surface area contributed by atoms with Gasteiger partial charge in [-0.2, -0.15) is 5.26 Å². The van der Waals surface area contributed by atoms with Crippen LogP contribution in [0.2, 0.25) is 0 Å². The first-order chi connectivity index (χ1) is 7.83. The maximum Gasteiger partial charge on any atom is 0.0621 e. The van der Waals surface area contributed by atoms with Crippen molar-refractivity contribution in [3.05, 3.63) is 48.2 Å². The second-order valence-electron chi connectivity index (χ2n) is 3.84. The van der Waals surface area contributed by atoms with Crippen LogP contribution in [-0.4, -0.2) is 11.9 Å². The Kier molecular flexibility index (Phi) is 5.80. The average Bonchev–Trinajstić information content (AvgIpc) is 2.30. The lowest BCUT2D eigenvalue weighted by Crippen LogP contribution is -2.09. The summed E-state index contributed by atoms with van der Waals surface area (Å²) in [4.78, 5) is 2.15. The summed E-state index contributed by atoms with van der Waals surface area (Å²) in [5.41, 5.74) is 1.31. The molecular weight excluding hydrogens is 196 g/mol. The smallest absolute Gasteiger partial charge is 0.0621 e. The molecule has 0 radical (unpaired) electrons. The monoisotopic (exact) mass is 214 g/mol. The molecule has 0 aromatic heterocycles. The molecule has 2 nitrogen and oxygen atoms in total. The van der Waals surface area contributed by atoms with E-state index < -0.39 is 0 Å². The van der Waals surface area contributed by atoms with Gasteiger partial charge in [-0.25, -0.2) is 0 Å². The molecule has 2 heteroatoms. The predicted molar refractivity (Wildman–Crippen MR) is 66.5 cm³/mol. The van der Waals surface area contributed by atoms with E-state index in [0.29, 0.717) is 6.42 Å². The van der Waals surface area contributed by atoms with Crippen LogP contribution in [0.5, 0.6) is 0 Å². The van der Waals surface area contributed by atoms with Crippen molar-refractivity contribution in [2.24, 2.45) is 0 Å². The summed E-state index contributed by atoms with van der Waals surface area (Å²) >= 11 is 0. The van der Waals surface area contributed by atoms with Crippen molar-refractivity contribution in [2.45, 2.75) is 25.8 Å². The summed E-state index contributed by atoms with van der Waals surface area (Å²) in [5, 5.41) is 8.39. The number of allylic oxidation sites excluding steroid dienone is 1. The zero-order valence-electron chi connectivity index (χ0n) is 9.76. The van der Waals surface area contributed by atoms with Crippen LogP contribution in [0.15, 0.2) is 42.6 Å². The fraction of sp³-hybridized carbons (Fsp3) is 0.357. The Balaban J connectivity index is 2.26. The summed E-state index contributed by atoms with van der Waals surface area (Å²) in [7, 11) is 2.06. The minimum Gasteiger partial charge on any atom is -0.376 e. The van der Waals surface area contributed by atoms with Crippen molar-refractivity contribution in [1.29, 1.82) is 5.26 Å². The number of unbranched alkanes of at least 4 members (excludes halogenated alkanes) is 2. The summed E-state index contributed by atoms with van der Waals surface area (Å²) in [6, 6.07) is 12.5. The van der Waals surface area contributed by atoms with Gasteiger partial charge in [-0.05, 0) is 24.6 Å². The van der Waals surface area contributed by atoms with E-state index >= 15 is 0 Å². The highest BCUT2D eigenvalue weighted by atomic mass is 15.1. The van der Waals surface area contributed by atoms with Crippen molar-refractivity contribution >= 4 is 0 Å². The molecule has 1 rings (SSSR count). The van der Waals surface area contributed by atoms with E-state index in [0.717, 1.165) is 19.4 Å². The Morgan fingerprint density at radius 2 is 2.06 bits per heavy atom. The molecule has 0 aliphatic carbocycles. The average molecular weight is 214 g/mol. The van der Waals surface area contributed by atoms with Crippen molar-refractivity contribution in [2.75, 3.05) is 7.05 Å². The van der Waals surface area contributed by atoms with Gasteiger partial charge >= 0.3 is 0 Å². The molecule has 16 heavy (non-hydrogen) atoms. The molecule has 0 aliphatic heterocycles. The topological polar surface area (TPSA) is 27.0 Å². The first-order valence-corrected chi connectivity index (χ1v) is 5.60. The first-order valence-electron chi connectivity index (χ1n) is 5.60. The minimum atomic E-state index is 0.646. The second-order valence-corrected chi connectivity index (χ2v) is 3.84. The van der Waals surface area contributed by atoms with Crippen LogP contribution < -0.4 is 0 Å². The SMILES string of the molecule is CN(/C=C/CCCC#N)Cc1ccccc1. The van der Waals surface area contributed by atoms with Gasteiger partial charge in [0.1, 0.15) is 0 Å². The number of nitriles is 1. The molecule has 0 spiro atoms. The highest BCUT2D eigenvalue weighted by Gasteiger charge is 1.93. The molecule has 0 atom stereocenters. The van der Waals surface area contributed by atoms with Gasteiger partial charge in [0.15, 0.2) is 0 Å². The standard InChI is InChI=1S/C14H18N2/c1-16(12-8-3-2-7-11-15)13-14-9-5-4-6-10-14/h4-6,8-10,12H,2-3,7,13H2,1H3/b12-8+. The fourth-order valence-corrected chi connectivity index (χ4v) is 1.48. The molecule has 0 amide bonds. The summed E-state index contributed by atoms with van der Waals surface area (Å²) in [5.74, 6) is 0. The molecule has 0 heterocycles. The Morgan fingerprint density at radius 1 is 1.31 bits per heavy atom.